The Morgan fingerprint density at radius 2 is 1.83 bits per heavy atom. The molecular formula is C28H35N3O4. The minimum Gasteiger partial charge on any atom is -0.476 e. The Morgan fingerprint density at radius 3 is 2.54 bits per heavy atom. The van der Waals surface area contributed by atoms with Crippen molar-refractivity contribution in [3.8, 4) is 22.7 Å². The molecule has 2 heterocycles. The fourth-order valence-electron chi connectivity index (χ4n) is 4.31. The maximum Gasteiger partial charge on any atom is 0.345 e. The molecule has 0 bridgehead atoms. The van der Waals surface area contributed by atoms with Crippen molar-refractivity contribution in [2.24, 2.45) is 5.92 Å². The molecule has 1 saturated heterocycles. The van der Waals surface area contributed by atoms with Gasteiger partial charge in [-0.15, -0.1) is 0 Å². The van der Waals surface area contributed by atoms with Gasteiger partial charge in [0, 0.05) is 19.6 Å². The van der Waals surface area contributed by atoms with Gasteiger partial charge in [-0.1, -0.05) is 50.2 Å². The van der Waals surface area contributed by atoms with Gasteiger partial charge in [-0.3, -0.25) is 4.90 Å². The topological polar surface area (TPSA) is 65.8 Å². The number of rotatable bonds is 10. The third-order valence-corrected chi connectivity index (χ3v) is 6.04. The van der Waals surface area contributed by atoms with Gasteiger partial charge in [0.25, 0.3) is 0 Å². The predicted molar refractivity (Wildman–Crippen MR) is 136 cm³/mol. The predicted octanol–water partition coefficient (Wildman–Crippen LogP) is 4.63. The van der Waals surface area contributed by atoms with E-state index < -0.39 is 5.97 Å². The lowest BCUT2D eigenvalue weighted by atomic mass is 9.94. The molecule has 2 aromatic carbocycles. The molecule has 0 unspecified atom stereocenters. The second-order valence-corrected chi connectivity index (χ2v) is 9.10. The minimum absolute atomic E-state index is 0.293. The van der Waals surface area contributed by atoms with Gasteiger partial charge < -0.3 is 14.2 Å². The van der Waals surface area contributed by atoms with Crippen molar-refractivity contribution in [1.29, 1.82) is 0 Å². The number of aromatic nitrogens is 2. The summed E-state index contributed by atoms with van der Waals surface area (Å²) in [5.74, 6) is 0.557. The molecule has 0 atom stereocenters. The molecule has 35 heavy (non-hydrogen) atoms. The SMILES string of the molecule is CCOC(=O)c1cnn(-c2ccc(-c3ccccc3CC(C)C)cc2)c1OCCN1CCOCC1. The van der Waals surface area contributed by atoms with Gasteiger partial charge in [-0.2, -0.15) is 5.10 Å². The Kier molecular flexibility index (Phi) is 8.55. The lowest BCUT2D eigenvalue weighted by molar-refractivity contribution is 0.0316. The summed E-state index contributed by atoms with van der Waals surface area (Å²) in [6, 6.07) is 16.7. The summed E-state index contributed by atoms with van der Waals surface area (Å²) in [5.41, 5.74) is 4.89. The maximum atomic E-state index is 12.6. The summed E-state index contributed by atoms with van der Waals surface area (Å²) in [4.78, 5) is 14.8. The third kappa shape index (κ3) is 6.29. The zero-order valence-electron chi connectivity index (χ0n) is 20.9. The van der Waals surface area contributed by atoms with Crippen LogP contribution in [0.5, 0.6) is 5.88 Å². The van der Waals surface area contributed by atoms with Crippen molar-refractivity contribution in [1.82, 2.24) is 14.7 Å². The van der Waals surface area contributed by atoms with E-state index in [1.54, 1.807) is 11.6 Å². The number of esters is 1. The molecule has 1 aliphatic rings. The molecule has 0 saturated carbocycles. The average molecular weight is 478 g/mol. The molecule has 0 aliphatic carbocycles. The highest BCUT2D eigenvalue weighted by molar-refractivity contribution is 5.92. The van der Waals surface area contributed by atoms with Crippen LogP contribution in [0.25, 0.3) is 16.8 Å². The van der Waals surface area contributed by atoms with E-state index in [4.69, 9.17) is 14.2 Å². The fraction of sp³-hybridized carbons (Fsp3) is 0.429. The van der Waals surface area contributed by atoms with Crippen LogP contribution in [0.1, 0.15) is 36.7 Å². The number of carbonyl (C=O) groups is 1. The first-order valence-electron chi connectivity index (χ1n) is 12.4. The number of carbonyl (C=O) groups excluding carboxylic acids is 1. The monoisotopic (exact) mass is 477 g/mol. The summed E-state index contributed by atoms with van der Waals surface area (Å²) in [6.07, 6.45) is 2.55. The number of hydrogen-bond acceptors (Lipinski definition) is 6. The van der Waals surface area contributed by atoms with Gasteiger partial charge in [0.05, 0.1) is 31.7 Å². The van der Waals surface area contributed by atoms with Crippen molar-refractivity contribution in [2.75, 3.05) is 46.1 Å². The zero-order valence-corrected chi connectivity index (χ0v) is 20.9. The van der Waals surface area contributed by atoms with E-state index in [0.717, 1.165) is 50.5 Å². The summed E-state index contributed by atoms with van der Waals surface area (Å²) in [7, 11) is 0. The van der Waals surface area contributed by atoms with Gasteiger partial charge in [0.15, 0.2) is 0 Å². The van der Waals surface area contributed by atoms with E-state index in [2.05, 4.69) is 60.2 Å². The summed E-state index contributed by atoms with van der Waals surface area (Å²) >= 11 is 0. The molecule has 0 spiro atoms. The highest BCUT2D eigenvalue weighted by Crippen LogP contribution is 2.29. The Hall–Kier alpha value is -3.16. The van der Waals surface area contributed by atoms with Crippen LogP contribution in [-0.2, 0) is 15.9 Å². The lowest BCUT2D eigenvalue weighted by Crippen LogP contribution is -2.38. The van der Waals surface area contributed by atoms with Crippen LogP contribution in [0.2, 0.25) is 0 Å². The van der Waals surface area contributed by atoms with Gasteiger partial charge in [-0.25, -0.2) is 9.48 Å². The van der Waals surface area contributed by atoms with Crippen LogP contribution in [-0.4, -0.2) is 66.7 Å². The van der Waals surface area contributed by atoms with Crippen molar-refractivity contribution in [2.45, 2.75) is 27.2 Å². The van der Waals surface area contributed by atoms with Crippen LogP contribution in [0.4, 0.5) is 0 Å². The number of hydrogen-bond donors (Lipinski definition) is 0. The largest absolute Gasteiger partial charge is 0.476 e. The van der Waals surface area contributed by atoms with E-state index in [-0.39, 0.29) is 0 Å². The standard InChI is InChI=1S/C28H35N3O4/c1-4-34-28(32)26-20-29-31(27(26)35-18-15-30-13-16-33-17-14-30)24-11-9-22(10-12-24)25-8-6-5-7-23(25)19-21(2)3/h5-12,20-21H,4,13-19H2,1-3H3. The van der Waals surface area contributed by atoms with Crippen LogP contribution in [0.3, 0.4) is 0 Å². The van der Waals surface area contributed by atoms with Crippen LogP contribution in [0.15, 0.2) is 54.7 Å². The molecule has 1 aliphatic heterocycles. The van der Waals surface area contributed by atoms with E-state index >= 15 is 0 Å². The van der Waals surface area contributed by atoms with E-state index in [1.807, 2.05) is 12.1 Å². The van der Waals surface area contributed by atoms with Gasteiger partial charge in [0.1, 0.15) is 12.2 Å². The quantitative estimate of drug-likeness (QED) is 0.397. The minimum atomic E-state index is -0.431. The molecule has 3 aromatic rings. The van der Waals surface area contributed by atoms with Crippen LogP contribution < -0.4 is 4.74 Å². The van der Waals surface area contributed by atoms with Gasteiger partial charge in [-0.05, 0) is 48.1 Å². The Balaban J connectivity index is 1.57. The van der Waals surface area contributed by atoms with Gasteiger partial charge in [0.2, 0.25) is 5.88 Å². The fourth-order valence-corrected chi connectivity index (χ4v) is 4.31. The second-order valence-electron chi connectivity index (χ2n) is 9.10. The third-order valence-electron chi connectivity index (χ3n) is 6.04. The number of morpholine rings is 1. The molecule has 0 N–H and O–H groups in total. The first kappa shape index (κ1) is 24.9. The number of ether oxygens (including phenoxy) is 3. The highest BCUT2D eigenvalue weighted by Gasteiger charge is 2.22. The van der Waals surface area contributed by atoms with Crippen molar-refractivity contribution in [3.63, 3.8) is 0 Å². The van der Waals surface area contributed by atoms with Crippen molar-refractivity contribution in [3.05, 3.63) is 65.9 Å². The highest BCUT2D eigenvalue weighted by atomic mass is 16.5. The van der Waals surface area contributed by atoms with Crippen LogP contribution in [0, 0.1) is 5.92 Å². The summed E-state index contributed by atoms with van der Waals surface area (Å²) in [6.45, 7) is 11.0. The Labute approximate surface area is 207 Å². The zero-order chi connectivity index (χ0) is 24.6. The first-order valence-corrected chi connectivity index (χ1v) is 12.4. The molecule has 0 radical (unpaired) electrons. The van der Waals surface area contributed by atoms with Gasteiger partial charge >= 0.3 is 5.97 Å². The summed E-state index contributed by atoms with van der Waals surface area (Å²) < 4.78 is 18.5. The Bertz CT molecular complexity index is 1100. The molecule has 186 valence electrons. The molecular weight excluding hydrogens is 442 g/mol. The lowest BCUT2D eigenvalue weighted by Gasteiger charge is -2.26. The summed E-state index contributed by atoms with van der Waals surface area (Å²) in [5, 5.41) is 4.47. The van der Waals surface area contributed by atoms with E-state index in [1.165, 1.54) is 17.3 Å². The van der Waals surface area contributed by atoms with E-state index in [9.17, 15) is 4.79 Å². The average Bonchev–Trinajstić information content (AvgIpc) is 3.29. The van der Waals surface area contributed by atoms with Crippen molar-refractivity contribution < 1.29 is 19.0 Å². The molecule has 7 heteroatoms. The normalized spacial score (nSPS) is 14.3. The molecule has 4 rings (SSSR count). The molecule has 7 nitrogen and oxygen atoms in total. The smallest absolute Gasteiger partial charge is 0.345 e. The maximum absolute atomic E-state index is 12.6. The van der Waals surface area contributed by atoms with E-state index in [0.29, 0.717) is 30.6 Å². The molecule has 1 fully saturated rings. The van der Waals surface area contributed by atoms with Crippen molar-refractivity contribution >= 4 is 5.97 Å². The molecule has 1 aromatic heterocycles. The first-order chi connectivity index (χ1) is 17.1. The number of benzene rings is 2. The number of nitrogens with zero attached hydrogens (tertiary/aromatic N) is 3. The van der Waals surface area contributed by atoms with Crippen LogP contribution >= 0.6 is 0 Å². The molecule has 0 amide bonds. The Morgan fingerprint density at radius 1 is 1.09 bits per heavy atom. The second kappa shape index (κ2) is 12.0.